The summed E-state index contributed by atoms with van der Waals surface area (Å²) in [5.41, 5.74) is 0. The standard InChI is InChI=1S/C9H18Br3OPS3/c1-7(10)4-13-14(15,16-5-8(2)11)17-6-9(3)12/h7-9H,4-6H2,1-3H3. The number of hydrogen-bond donors (Lipinski definition) is 0. The largest absolute Gasteiger partial charge is 0.333 e. The zero-order valence-corrected chi connectivity index (χ0v) is 18.2. The van der Waals surface area contributed by atoms with Crippen LogP contribution in [0.2, 0.25) is 0 Å². The smallest absolute Gasteiger partial charge is 0.174 e. The average Bonchev–Trinajstić information content (AvgIpc) is 2.21. The maximum atomic E-state index is 5.96. The Morgan fingerprint density at radius 2 is 1.41 bits per heavy atom. The van der Waals surface area contributed by atoms with E-state index in [0.29, 0.717) is 21.1 Å². The molecule has 0 aromatic heterocycles. The van der Waals surface area contributed by atoms with E-state index in [-0.39, 0.29) is 0 Å². The van der Waals surface area contributed by atoms with Crippen LogP contribution in [0, 0.1) is 0 Å². The molecule has 17 heavy (non-hydrogen) atoms. The fourth-order valence-electron chi connectivity index (χ4n) is 0.694. The van der Waals surface area contributed by atoms with E-state index in [9.17, 15) is 0 Å². The molecule has 3 atom stereocenters. The first-order valence-electron chi connectivity index (χ1n) is 5.21. The van der Waals surface area contributed by atoms with Crippen LogP contribution in [0.15, 0.2) is 0 Å². The second kappa shape index (κ2) is 10.5. The molecule has 0 N–H and O–H groups in total. The number of halogens is 3. The van der Waals surface area contributed by atoms with Crippen molar-refractivity contribution in [2.24, 2.45) is 0 Å². The van der Waals surface area contributed by atoms with Crippen LogP contribution < -0.4 is 0 Å². The summed E-state index contributed by atoms with van der Waals surface area (Å²) in [7, 11) is 0. The lowest BCUT2D eigenvalue weighted by Gasteiger charge is -2.22. The van der Waals surface area contributed by atoms with Gasteiger partial charge in [-0.05, 0) is 11.8 Å². The third-order valence-electron chi connectivity index (χ3n) is 1.39. The van der Waals surface area contributed by atoms with Gasteiger partial charge in [-0.1, -0.05) is 91.3 Å². The van der Waals surface area contributed by atoms with Gasteiger partial charge in [0.25, 0.3) is 0 Å². The lowest BCUT2D eigenvalue weighted by atomic mass is 10.5. The molecule has 0 amide bonds. The van der Waals surface area contributed by atoms with E-state index >= 15 is 0 Å². The van der Waals surface area contributed by atoms with Crippen LogP contribution in [0.4, 0.5) is 0 Å². The van der Waals surface area contributed by atoms with Gasteiger partial charge in [0.2, 0.25) is 0 Å². The van der Waals surface area contributed by atoms with Crippen molar-refractivity contribution < 1.29 is 4.52 Å². The van der Waals surface area contributed by atoms with Gasteiger partial charge in [-0.25, -0.2) is 0 Å². The van der Waals surface area contributed by atoms with E-state index in [4.69, 9.17) is 16.3 Å². The van der Waals surface area contributed by atoms with Gasteiger partial charge < -0.3 is 4.52 Å². The molecule has 3 unspecified atom stereocenters. The van der Waals surface area contributed by atoms with Crippen molar-refractivity contribution in [3.8, 4) is 0 Å². The van der Waals surface area contributed by atoms with Crippen molar-refractivity contribution in [2.45, 2.75) is 35.3 Å². The summed E-state index contributed by atoms with van der Waals surface area (Å²) in [6.45, 7) is 7.04. The molecule has 0 heterocycles. The van der Waals surface area contributed by atoms with Gasteiger partial charge in [0.15, 0.2) is 4.67 Å². The van der Waals surface area contributed by atoms with Crippen LogP contribution >= 0.6 is 75.2 Å². The van der Waals surface area contributed by atoms with Gasteiger partial charge in [0.1, 0.15) is 0 Å². The van der Waals surface area contributed by atoms with E-state index < -0.39 is 4.67 Å². The monoisotopic (exact) mass is 506 g/mol. The zero-order chi connectivity index (χ0) is 13.5. The van der Waals surface area contributed by atoms with Crippen LogP contribution in [-0.2, 0) is 16.3 Å². The molecule has 104 valence electrons. The highest BCUT2D eigenvalue weighted by atomic mass is 79.9. The van der Waals surface area contributed by atoms with Gasteiger partial charge >= 0.3 is 0 Å². The van der Waals surface area contributed by atoms with Gasteiger partial charge in [-0.2, -0.15) is 0 Å². The van der Waals surface area contributed by atoms with Crippen LogP contribution in [-0.4, -0.2) is 32.6 Å². The molecule has 0 bridgehead atoms. The topological polar surface area (TPSA) is 9.23 Å². The Labute approximate surface area is 143 Å². The second-order valence-electron chi connectivity index (χ2n) is 3.68. The van der Waals surface area contributed by atoms with E-state index in [1.807, 2.05) is 0 Å². The van der Waals surface area contributed by atoms with Crippen molar-refractivity contribution in [2.75, 3.05) is 18.1 Å². The molecule has 0 aliphatic carbocycles. The van der Waals surface area contributed by atoms with Crippen LogP contribution in [0.1, 0.15) is 20.8 Å². The first-order chi connectivity index (χ1) is 7.75. The normalized spacial score (nSPS) is 20.6. The molecule has 0 aliphatic heterocycles. The molecule has 0 saturated heterocycles. The molecule has 0 fully saturated rings. The Morgan fingerprint density at radius 3 is 1.71 bits per heavy atom. The fourth-order valence-corrected chi connectivity index (χ4v) is 11.0. The van der Waals surface area contributed by atoms with Crippen LogP contribution in [0.3, 0.4) is 0 Å². The van der Waals surface area contributed by atoms with Crippen molar-refractivity contribution in [1.29, 1.82) is 0 Å². The second-order valence-corrected chi connectivity index (χ2v) is 19.0. The predicted octanol–water partition coefficient (Wildman–Crippen LogP) is 6.04. The van der Waals surface area contributed by atoms with Gasteiger partial charge in [0, 0.05) is 26.0 Å². The number of hydrogen-bond acceptors (Lipinski definition) is 4. The highest BCUT2D eigenvalue weighted by Gasteiger charge is 2.22. The molecular weight excluding hydrogens is 491 g/mol. The molecule has 0 rings (SSSR count). The summed E-state index contributed by atoms with van der Waals surface area (Å²) in [6, 6.07) is 0. The SMILES string of the molecule is CC(Br)COP(=S)(SCC(C)Br)SCC(C)Br. The van der Waals surface area contributed by atoms with Crippen LogP contribution in [0.5, 0.6) is 0 Å². The average molecular weight is 509 g/mol. The van der Waals surface area contributed by atoms with Crippen molar-refractivity contribution in [3.63, 3.8) is 0 Å². The lowest BCUT2D eigenvalue weighted by Crippen LogP contribution is -2.03. The summed E-state index contributed by atoms with van der Waals surface area (Å²) < 4.78 is 4.15. The van der Waals surface area contributed by atoms with Crippen LogP contribution in [0.25, 0.3) is 0 Å². The summed E-state index contributed by atoms with van der Waals surface area (Å²) in [4.78, 5) is 1.30. The lowest BCUT2D eigenvalue weighted by molar-refractivity contribution is 0.373. The number of rotatable bonds is 9. The van der Waals surface area contributed by atoms with Gasteiger partial charge in [-0.15, -0.1) is 0 Å². The minimum absolute atomic E-state index is 0.355. The molecule has 0 spiro atoms. The zero-order valence-electron chi connectivity index (χ0n) is 10.1. The molecule has 0 saturated carbocycles. The molecular formula is C9H18Br3OPS3. The fraction of sp³-hybridized carbons (Fsp3) is 1.00. The Morgan fingerprint density at radius 1 is 1.00 bits per heavy atom. The van der Waals surface area contributed by atoms with Crippen molar-refractivity contribution in [1.82, 2.24) is 0 Å². The molecule has 8 heteroatoms. The third kappa shape index (κ3) is 12.2. The predicted molar refractivity (Wildman–Crippen MR) is 100 cm³/mol. The highest BCUT2D eigenvalue weighted by Crippen LogP contribution is 2.70. The summed E-state index contributed by atoms with van der Waals surface area (Å²) >= 11 is 19.9. The molecule has 0 aromatic carbocycles. The van der Waals surface area contributed by atoms with Gasteiger partial charge in [0.05, 0.1) is 6.61 Å². The minimum Gasteiger partial charge on any atom is -0.333 e. The van der Waals surface area contributed by atoms with Crippen molar-refractivity contribution >= 4 is 87.0 Å². The summed E-state index contributed by atoms with van der Waals surface area (Å²) in [5.74, 6) is 2.00. The van der Waals surface area contributed by atoms with Crippen molar-refractivity contribution in [3.05, 3.63) is 0 Å². The highest BCUT2D eigenvalue weighted by molar-refractivity contribution is 9.10. The summed E-state index contributed by atoms with van der Waals surface area (Å²) in [6.07, 6.45) is 0. The van der Waals surface area contributed by atoms with E-state index in [2.05, 4.69) is 68.6 Å². The molecule has 0 aliphatic rings. The maximum Gasteiger partial charge on any atom is 0.174 e. The first kappa shape index (κ1) is 19.8. The minimum atomic E-state index is -1.80. The molecule has 0 aromatic rings. The molecule has 0 radical (unpaired) electrons. The van der Waals surface area contributed by atoms with Gasteiger partial charge in [-0.3, -0.25) is 0 Å². The number of alkyl halides is 3. The molecule has 1 nitrogen and oxygen atoms in total. The quantitative estimate of drug-likeness (QED) is 0.277. The van der Waals surface area contributed by atoms with E-state index in [1.54, 1.807) is 22.8 Å². The maximum absolute atomic E-state index is 5.96. The summed E-state index contributed by atoms with van der Waals surface area (Å²) in [5, 5.41) is 0. The Hall–Kier alpha value is 2.75. The van der Waals surface area contributed by atoms with E-state index in [0.717, 1.165) is 11.5 Å². The first-order valence-corrected chi connectivity index (χ1v) is 13.9. The third-order valence-corrected chi connectivity index (χ3v) is 13.1. The van der Waals surface area contributed by atoms with E-state index in [1.165, 1.54) is 0 Å². The Balaban J connectivity index is 4.29. The Bertz CT molecular complexity index is 214. The Kier molecular flexibility index (Phi) is 12.2.